The second-order valence-corrected chi connectivity index (χ2v) is 12.9. The van der Waals surface area contributed by atoms with Crippen LogP contribution in [0.5, 0.6) is 0 Å². The summed E-state index contributed by atoms with van der Waals surface area (Å²) in [6.45, 7) is 4.49. The van der Waals surface area contributed by atoms with Crippen molar-refractivity contribution in [2.75, 3.05) is 0 Å². The first-order valence-electron chi connectivity index (χ1n) is 16.2. The van der Waals surface area contributed by atoms with Crippen LogP contribution in [0.1, 0.15) is 155 Å². The van der Waals surface area contributed by atoms with Crippen molar-refractivity contribution < 1.29 is 19.7 Å². The maximum Gasteiger partial charge on any atom is 0.0841 e. The lowest BCUT2D eigenvalue weighted by Crippen LogP contribution is -2.21. The van der Waals surface area contributed by atoms with Crippen molar-refractivity contribution in [2.24, 2.45) is 11.8 Å². The Bertz CT molecular complexity index is 466. The fraction of sp³-hybridized carbons (Fsp3) is 1.00. The van der Waals surface area contributed by atoms with Crippen molar-refractivity contribution in [1.29, 1.82) is 0 Å². The first-order chi connectivity index (χ1) is 17.5. The van der Waals surface area contributed by atoms with Gasteiger partial charge in [-0.3, -0.25) is 0 Å². The van der Waals surface area contributed by atoms with Crippen LogP contribution in [-0.4, -0.2) is 46.8 Å². The van der Waals surface area contributed by atoms with Gasteiger partial charge >= 0.3 is 0 Å². The molecule has 4 heteroatoms. The van der Waals surface area contributed by atoms with Crippen LogP contribution in [0.3, 0.4) is 0 Å². The van der Waals surface area contributed by atoms with Gasteiger partial charge < -0.3 is 19.7 Å². The summed E-state index contributed by atoms with van der Waals surface area (Å²) in [7, 11) is 0. The van der Waals surface area contributed by atoms with E-state index in [2.05, 4.69) is 13.8 Å². The van der Waals surface area contributed by atoms with Gasteiger partial charge in [-0.1, -0.05) is 104 Å². The first kappa shape index (κ1) is 30.4. The maximum atomic E-state index is 9.18. The number of aliphatic hydroxyl groups excluding tert-OH is 2. The predicted molar refractivity (Wildman–Crippen MR) is 149 cm³/mol. The summed E-state index contributed by atoms with van der Waals surface area (Å²) in [6, 6.07) is 0. The molecule has 6 atom stereocenters. The van der Waals surface area contributed by atoms with Gasteiger partial charge in [-0.2, -0.15) is 0 Å². The number of fused-ring (bicyclic) bond motifs is 2. The topological polar surface area (TPSA) is 65.5 Å². The molecule has 2 N–H and O–H groups in total. The monoisotopic (exact) mass is 508 g/mol. The van der Waals surface area contributed by atoms with Crippen molar-refractivity contribution in [3.05, 3.63) is 0 Å². The predicted octanol–water partition coefficient (Wildman–Crippen LogP) is 8.11. The van der Waals surface area contributed by atoms with Crippen LogP contribution in [0, 0.1) is 11.8 Å². The Morgan fingerprint density at radius 2 is 0.778 bits per heavy atom. The van der Waals surface area contributed by atoms with Crippen LogP contribution < -0.4 is 0 Å². The normalized spacial score (nSPS) is 37.3. The Balaban J connectivity index is 0.000000125. The van der Waals surface area contributed by atoms with Gasteiger partial charge in [-0.25, -0.2) is 0 Å². The highest BCUT2D eigenvalue weighted by atomic mass is 16.6. The minimum absolute atomic E-state index is 0.00347. The Morgan fingerprint density at radius 3 is 1.03 bits per heavy atom. The number of hydrogen-bond acceptors (Lipinski definition) is 4. The molecular formula is C32H60O4. The zero-order valence-corrected chi connectivity index (χ0v) is 23.9. The summed E-state index contributed by atoms with van der Waals surface area (Å²) < 4.78 is 10.6. The highest BCUT2D eigenvalue weighted by Crippen LogP contribution is 2.36. The molecule has 0 amide bonds. The summed E-state index contributed by atoms with van der Waals surface area (Å²) >= 11 is 0. The third-order valence-electron chi connectivity index (χ3n) is 9.36. The van der Waals surface area contributed by atoms with Gasteiger partial charge in [0.05, 0.1) is 36.6 Å². The summed E-state index contributed by atoms with van der Waals surface area (Å²) in [6.07, 6.45) is 31.9. The third-order valence-corrected chi connectivity index (χ3v) is 9.36. The molecule has 5 saturated carbocycles. The van der Waals surface area contributed by atoms with Crippen molar-refractivity contribution in [1.82, 2.24) is 0 Å². The molecule has 2 aliphatic heterocycles. The first-order valence-corrected chi connectivity index (χ1v) is 16.2. The molecule has 0 aromatic carbocycles. The van der Waals surface area contributed by atoms with Crippen LogP contribution in [0.15, 0.2) is 0 Å². The molecule has 212 valence electrons. The number of rotatable bonds is 0. The molecule has 2 saturated heterocycles. The van der Waals surface area contributed by atoms with E-state index in [9.17, 15) is 5.11 Å². The molecule has 5 aliphatic carbocycles. The Hall–Kier alpha value is -0.160. The molecule has 0 aromatic heterocycles. The minimum Gasteiger partial charge on any atom is -0.393 e. The van der Waals surface area contributed by atoms with Crippen LogP contribution >= 0.6 is 0 Å². The average molecular weight is 509 g/mol. The van der Waals surface area contributed by atoms with Crippen molar-refractivity contribution in [3.63, 3.8) is 0 Å². The average Bonchev–Trinajstić information content (AvgIpc) is 3.82. The molecule has 0 radical (unpaired) electrons. The summed E-state index contributed by atoms with van der Waals surface area (Å²) in [5.41, 5.74) is 0. The van der Waals surface area contributed by atoms with Crippen LogP contribution in [0.4, 0.5) is 0 Å². The SMILES string of the molecule is C1CCC2OC2C1.C1CCC2OC2C1.CC1CCCCC1.CC1CCCCC1O.OC1CCCCC1. The number of ether oxygens (including phenoxy) is 2. The minimum atomic E-state index is 0.00347. The lowest BCUT2D eigenvalue weighted by Gasteiger charge is -2.23. The second-order valence-electron chi connectivity index (χ2n) is 12.9. The highest BCUT2D eigenvalue weighted by molar-refractivity contribution is 4.88. The smallest absolute Gasteiger partial charge is 0.0841 e. The summed E-state index contributed by atoms with van der Waals surface area (Å²) in [4.78, 5) is 0. The molecular weight excluding hydrogens is 448 g/mol. The molecule has 4 nitrogen and oxygen atoms in total. The molecule has 2 heterocycles. The molecule has 7 fully saturated rings. The fourth-order valence-electron chi connectivity index (χ4n) is 6.44. The van der Waals surface area contributed by atoms with E-state index in [0.717, 1.165) is 25.2 Å². The Kier molecular flexibility index (Phi) is 14.7. The third kappa shape index (κ3) is 13.1. The Morgan fingerprint density at radius 1 is 0.417 bits per heavy atom. The van der Waals surface area contributed by atoms with Gasteiger partial charge in [0, 0.05) is 0 Å². The second kappa shape index (κ2) is 17.4. The lowest BCUT2D eigenvalue weighted by atomic mass is 9.88. The Labute approximate surface area is 223 Å². The molecule has 36 heavy (non-hydrogen) atoms. The maximum absolute atomic E-state index is 9.18. The van der Waals surface area contributed by atoms with Crippen LogP contribution in [0.25, 0.3) is 0 Å². The fourth-order valence-corrected chi connectivity index (χ4v) is 6.44. The summed E-state index contributed by atoms with van der Waals surface area (Å²) in [5.74, 6) is 1.59. The van der Waals surface area contributed by atoms with Gasteiger partial charge in [0.25, 0.3) is 0 Å². The van der Waals surface area contributed by atoms with E-state index in [1.807, 2.05) is 0 Å². The van der Waals surface area contributed by atoms with E-state index in [0.29, 0.717) is 30.3 Å². The standard InChI is InChI=1S/C7H14O.C7H14.2C6H10O.C6H12O/c1-6-4-2-3-5-7(6)8;1-7-5-3-2-4-6-7;2*1-2-4-6-5(3-1)7-6;7-6-4-2-1-3-5-6/h6-8H,2-5H2,1H3;7H,2-6H2,1H3;2*5-6H,1-4H2;6-7H,1-5H2. The van der Waals surface area contributed by atoms with Crippen molar-refractivity contribution in [2.45, 2.75) is 192 Å². The van der Waals surface area contributed by atoms with E-state index >= 15 is 0 Å². The van der Waals surface area contributed by atoms with Gasteiger partial charge in [0.15, 0.2) is 0 Å². The quantitative estimate of drug-likeness (QED) is 0.324. The van der Waals surface area contributed by atoms with Crippen molar-refractivity contribution in [3.8, 4) is 0 Å². The van der Waals surface area contributed by atoms with E-state index < -0.39 is 0 Å². The van der Waals surface area contributed by atoms with E-state index in [4.69, 9.17) is 14.6 Å². The molecule has 7 aliphatic rings. The molecule has 7 rings (SSSR count). The zero-order chi connectivity index (χ0) is 25.6. The van der Waals surface area contributed by atoms with Crippen molar-refractivity contribution >= 4 is 0 Å². The van der Waals surface area contributed by atoms with Gasteiger partial charge in [0.2, 0.25) is 0 Å². The van der Waals surface area contributed by atoms with E-state index in [1.54, 1.807) is 0 Å². The number of hydrogen-bond donors (Lipinski definition) is 2. The zero-order valence-electron chi connectivity index (χ0n) is 23.9. The van der Waals surface area contributed by atoms with Crippen LogP contribution in [0.2, 0.25) is 0 Å². The largest absolute Gasteiger partial charge is 0.393 e. The van der Waals surface area contributed by atoms with E-state index in [1.165, 1.54) is 122 Å². The van der Waals surface area contributed by atoms with Gasteiger partial charge in [-0.05, 0) is 63.2 Å². The molecule has 0 spiro atoms. The van der Waals surface area contributed by atoms with Gasteiger partial charge in [-0.15, -0.1) is 0 Å². The summed E-state index contributed by atoms with van der Waals surface area (Å²) in [5, 5.41) is 18.1. The number of epoxide rings is 2. The molecule has 0 aromatic rings. The van der Waals surface area contributed by atoms with E-state index in [-0.39, 0.29) is 12.2 Å². The lowest BCUT2D eigenvalue weighted by molar-refractivity contribution is 0.0793. The number of aliphatic hydroxyl groups is 2. The van der Waals surface area contributed by atoms with Crippen LogP contribution in [-0.2, 0) is 9.47 Å². The molecule has 6 unspecified atom stereocenters. The highest BCUT2D eigenvalue weighted by Gasteiger charge is 2.40. The molecule has 0 bridgehead atoms. The van der Waals surface area contributed by atoms with Gasteiger partial charge in [0.1, 0.15) is 0 Å².